The number of hydrogen-bond donors (Lipinski definition) is 2. The summed E-state index contributed by atoms with van der Waals surface area (Å²) in [5.74, 6) is 0.509. The summed E-state index contributed by atoms with van der Waals surface area (Å²) in [6.45, 7) is 6.11. The Bertz CT molecular complexity index is 393. The van der Waals surface area contributed by atoms with Crippen molar-refractivity contribution in [1.29, 1.82) is 0 Å². The topological polar surface area (TPSA) is 67.5 Å². The molecule has 2 amide bonds. The number of rotatable bonds is 3. The molecule has 0 radical (unpaired) electrons. The van der Waals surface area contributed by atoms with Crippen LogP contribution in [0.15, 0.2) is 29.4 Å². The molecule has 1 aromatic carbocycles. The SMILES string of the molecule is CC(=NNC(N)=O)c1ccc(C(C)C)cc1. The lowest BCUT2D eigenvalue weighted by Gasteiger charge is -2.06. The van der Waals surface area contributed by atoms with Crippen LogP contribution in [0.25, 0.3) is 0 Å². The average molecular weight is 219 g/mol. The van der Waals surface area contributed by atoms with E-state index in [0.717, 1.165) is 11.3 Å². The zero-order chi connectivity index (χ0) is 12.1. The van der Waals surface area contributed by atoms with Gasteiger partial charge in [0.1, 0.15) is 0 Å². The average Bonchev–Trinajstić information content (AvgIpc) is 2.26. The van der Waals surface area contributed by atoms with E-state index in [2.05, 4.69) is 36.5 Å². The molecule has 0 spiro atoms. The lowest BCUT2D eigenvalue weighted by atomic mass is 10.0. The van der Waals surface area contributed by atoms with Gasteiger partial charge in [-0.15, -0.1) is 0 Å². The standard InChI is InChI=1S/C12H17N3O/c1-8(2)10-4-6-11(7-5-10)9(3)14-15-12(13)16/h4-8H,1-3H3,(H3,13,15,16). The van der Waals surface area contributed by atoms with Crippen LogP contribution in [0.2, 0.25) is 0 Å². The molecule has 0 aliphatic carbocycles. The number of benzene rings is 1. The third-order valence-electron chi connectivity index (χ3n) is 2.33. The quantitative estimate of drug-likeness (QED) is 0.594. The molecule has 0 atom stereocenters. The molecule has 4 nitrogen and oxygen atoms in total. The van der Waals surface area contributed by atoms with E-state index in [1.807, 2.05) is 19.1 Å². The smallest absolute Gasteiger partial charge is 0.332 e. The molecule has 86 valence electrons. The number of carbonyl (C=O) groups is 1. The van der Waals surface area contributed by atoms with Gasteiger partial charge >= 0.3 is 6.03 Å². The highest BCUT2D eigenvalue weighted by molar-refractivity contribution is 5.99. The zero-order valence-electron chi connectivity index (χ0n) is 9.82. The molecule has 4 heteroatoms. The second-order valence-corrected chi connectivity index (χ2v) is 3.95. The highest BCUT2D eigenvalue weighted by Gasteiger charge is 2.01. The molecule has 1 rings (SSSR count). The van der Waals surface area contributed by atoms with Crippen molar-refractivity contribution in [1.82, 2.24) is 5.43 Å². The van der Waals surface area contributed by atoms with Crippen LogP contribution in [0.1, 0.15) is 37.8 Å². The number of hydrogen-bond acceptors (Lipinski definition) is 2. The van der Waals surface area contributed by atoms with Gasteiger partial charge in [-0.25, -0.2) is 10.2 Å². The van der Waals surface area contributed by atoms with Gasteiger partial charge in [0.2, 0.25) is 0 Å². The lowest BCUT2D eigenvalue weighted by Crippen LogP contribution is -2.25. The molecular formula is C12H17N3O. The minimum atomic E-state index is -0.654. The van der Waals surface area contributed by atoms with Gasteiger partial charge in [0, 0.05) is 0 Å². The first-order valence-corrected chi connectivity index (χ1v) is 5.20. The number of primary amides is 1. The summed E-state index contributed by atoms with van der Waals surface area (Å²) in [7, 11) is 0. The first kappa shape index (κ1) is 12.2. The normalized spacial score (nSPS) is 11.6. The van der Waals surface area contributed by atoms with Crippen LogP contribution in [0, 0.1) is 0 Å². The zero-order valence-corrected chi connectivity index (χ0v) is 9.82. The van der Waals surface area contributed by atoms with Crippen LogP contribution in [0.5, 0.6) is 0 Å². The van der Waals surface area contributed by atoms with Gasteiger partial charge in [-0.1, -0.05) is 38.1 Å². The van der Waals surface area contributed by atoms with Gasteiger partial charge in [0.05, 0.1) is 5.71 Å². The summed E-state index contributed by atoms with van der Waals surface area (Å²) in [5.41, 5.74) is 10.1. The van der Waals surface area contributed by atoms with Crippen molar-refractivity contribution in [3.05, 3.63) is 35.4 Å². The molecule has 0 saturated heterocycles. The summed E-state index contributed by atoms with van der Waals surface area (Å²) in [6.07, 6.45) is 0. The monoisotopic (exact) mass is 219 g/mol. The van der Waals surface area contributed by atoms with E-state index in [1.54, 1.807) is 0 Å². The van der Waals surface area contributed by atoms with E-state index in [-0.39, 0.29) is 0 Å². The van der Waals surface area contributed by atoms with Gasteiger partial charge in [-0.3, -0.25) is 0 Å². The minimum absolute atomic E-state index is 0.509. The maximum absolute atomic E-state index is 10.5. The first-order chi connectivity index (χ1) is 7.50. The predicted molar refractivity (Wildman–Crippen MR) is 65.5 cm³/mol. The Labute approximate surface area is 95.5 Å². The van der Waals surface area contributed by atoms with Crippen molar-refractivity contribution in [2.75, 3.05) is 0 Å². The molecule has 3 N–H and O–H groups in total. The van der Waals surface area contributed by atoms with Crippen LogP contribution in [0.4, 0.5) is 4.79 Å². The highest BCUT2D eigenvalue weighted by Crippen LogP contribution is 2.14. The van der Waals surface area contributed by atoms with Gasteiger partial charge in [-0.05, 0) is 24.0 Å². The fourth-order valence-electron chi connectivity index (χ4n) is 1.31. The van der Waals surface area contributed by atoms with Crippen molar-refractivity contribution >= 4 is 11.7 Å². The number of carbonyl (C=O) groups excluding carboxylic acids is 1. The molecule has 0 saturated carbocycles. The van der Waals surface area contributed by atoms with Crippen molar-refractivity contribution in [2.24, 2.45) is 10.8 Å². The molecule has 0 aliphatic heterocycles. The number of nitrogens with one attached hydrogen (secondary N) is 1. The Morgan fingerprint density at radius 1 is 1.31 bits per heavy atom. The molecule has 16 heavy (non-hydrogen) atoms. The summed E-state index contributed by atoms with van der Waals surface area (Å²) in [6, 6.07) is 7.43. The third kappa shape index (κ3) is 3.38. The van der Waals surface area contributed by atoms with Gasteiger partial charge < -0.3 is 5.73 Å². The Kier molecular flexibility index (Phi) is 4.05. The number of hydrazone groups is 1. The Balaban J connectivity index is 2.81. The van der Waals surface area contributed by atoms with Crippen molar-refractivity contribution < 1.29 is 4.79 Å². The summed E-state index contributed by atoms with van der Waals surface area (Å²) < 4.78 is 0. The Morgan fingerprint density at radius 3 is 2.31 bits per heavy atom. The lowest BCUT2D eigenvalue weighted by molar-refractivity contribution is 0.249. The van der Waals surface area contributed by atoms with Crippen molar-refractivity contribution in [3.8, 4) is 0 Å². The fourth-order valence-corrected chi connectivity index (χ4v) is 1.31. The van der Waals surface area contributed by atoms with E-state index >= 15 is 0 Å². The number of nitrogens with zero attached hydrogens (tertiary/aromatic N) is 1. The van der Waals surface area contributed by atoms with Gasteiger partial charge in [-0.2, -0.15) is 5.10 Å². The van der Waals surface area contributed by atoms with Crippen molar-refractivity contribution in [3.63, 3.8) is 0 Å². The first-order valence-electron chi connectivity index (χ1n) is 5.20. The minimum Gasteiger partial charge on any atom is -0.350 e. The molecule has 0 aromatic heterocycles. The molecule has 0 aliphatic rings. The number of urea groups is 1. The summed E-state index contributed by atoms with van der Waals surface area (Å²) >= 11 is 0. The number of amides is 2. The Hall–Kier alpha value is -1.84. The molecule has 1 aromatic rings. The van der Waals surface area contributed by atoms with Crippen LogP contribution in [0.3, 0.4) is 0 Å². The van der Waals surface area contributed by atoms with E-state index in [0.29, 0.717) is 5.92 Å². The maximum atomic E-state index is 10.5. The molecule has 0 fully saturated rings. The number of nitrogens with two attached hydrogens (primary N) is 1. The van der Waals surface area contributed by atoms with Crippen LogP contribution in [-0.2, 0) is 0 Å². The third-order valence-corrected chi connectivity index (χ3v) is 2.33. The second-order valence-electron chi connectivity index (χ2n) is 3.95. The van der Waals surface area contributed by atoms with Crippen molar-refractivity contribution in [2.45, 2.75) is 26.7 Å². The highest BCUT2D eigenvalue weighted by atomic mass is 16.2. The van der Waals surface area contributed by atoms with E-state index in [1.165, 1.54) is 5.56 Å². The Morgan fingerprint density at radius 2 is 1.88 bits per heavy atom. The molecule has 0 bridgehead atoms. The summed E-state index contributed by atoms with van der Waals surface area (Å²) in [4.78, 5) is 10.5. The van der Waals surface area contributed by atoms with Crippen LogP contribution >= 0.6 is 0 Å². The fraction of sp³-hybridized carbons (Fsp3) is 0.333. The molecule has 0 heterocycles. The predicted octanol–water partition coefficient (Wildman–Crippen LogP) is 2.20. The van der Waals surface area contributed by atoms with Crippen LogP contribution in [-0.4, -0.2) is 11.7 Å². The van der Waals surface area contributed by atoms with E-state index in [4.69, 9.17) is 5.73 Å². The molecular weight excluding hydrogens is 202 g/mol. The van der Waals surface area contributed by atoms with Crippen LogP contribution < -0.4 is 11.2 Å². The molecule has 0 unspecified atom stereocenters. The van der Waals surface area contributed by atoms with Gasteiger partial charge in [0.25, 0.3) is 0 Å². The van der Waals surface area contributed by atoms with Gasteiger partial charge in [0.15, 0.2) is 0 Å². The second kappa shape index (κ2) is 5.30. The maximum Gasteiger partial charge on any atom is 0.332 e. The summed E-state index contributed by atoms with van der Waals surface area (Å²) in [5, 5.41) is 3.86. The van der Waals surface area contributed by atoms with E-state index in [9.17, 15) is 4.79 Å². The largest absolute Gasteiger partial charge is 0.350 e. The van der Waals surface area contributed by atoms with E-state index < -0.39 is 6.03 Å².